The fourth-order valence-electron chi connectivity index (χ4n) is 6.93. The van der Waals surface area contributed by atoms with E-state index in [0.29, 0.717) is 50.8 Å². The first-order chi connectivity index (χ1) is 42.4. The number of ether oxygens (including phenoxy) is 5. The second-order valence-corrected chi connectivity index (χ2v) is 22.4. The lowest BCUT2D eigenvalue weighted by Crippen LogP contribution is -2.57. The molecular weight excluding hydrogens is 1280 g/mol. The van der Waals surface area contributed by atoms with E-state index in [1.165, 1.54) is 75.8 Å². The van der Waals surface area contributed by atoms with Crippen molar-refractivity contribution in [2.24, 2.45) is 14.1 Å². The Morgan fingerprint density at radius 1 is 0.554 bits per heavy atom. The largest absolute Gasteiger partial charge is 0.508 e. The smallest absolute Gasteiger partial charge is 0.410 e. The first kappa shape index (κ1) is 77.3. The van der Waals surface area contributed by atoms with Gasteiger partial charge in [-0.25, -0.2) is 58.9 Å². The lowest BCUT2D eigenvalue weighted by atomic mass is 10.1. The summed E-state index contributed by atoms with van der Waals surface area (Å²) in [4.78, 5) is 70.4. The van der Waals surface area contributed by atoms with Gasteiger partial charge < -0.3 is 59.6 Å². The Labute approximate surface area is 533 Å². The van der Waals surface area contributed by atoms with Crippen molar-refractivity contribution in [3.63, 3.8) is 0 Å². The molecule has 33 heteroatoms. The van der Waals surface area contributed by atoms with E-state index >= 15 is 0 Å². The van der Waals surface area contributed by atoms with Crippen molar-refractivity contribution in [1.29, 1.82) is 0 Å². The number of nitrogen functional groups attached to an aromatic ring is 1. The first-order valence-corrected chi connectivity index (χ1v) is 27.7. The van der Waals surface area contributed by atoms with Gasteiger partial charge in [0.2, 0.25) is 5.24 Å². The van der Waals surface area contributed by atoms with Crippen molar-refractivity contribution in [1.82, 2.24) is 39.6 Å². The predicted octanol–water partition coefficient (Wildman–Crippen LogP) is 8.46. The maximum atomic E-state index is 13.1. The number of aliphatic hydroxyl groups excluding tert-OH is 1. The second kappa shape index (κ2) is 35.6. The van der Waals surface area contributed by atoms with Crippen LogP contribution in [0.2, 0.25) is 0 Å². The molecule has 92 heavy (non-hydrogen) atoms. The van der Waals surface area contributed by atoms with E-state index in [1.807, 2.05) is 20.8 Å². The van der Waals surface area contributed by atoms with E-state index in [-0.39, 0.29) is 88.4 Å². The fourth-order valence-corrected chi connectivity index (χ4v) is 6.93. The number of benzene rings is 4. The number of carbonyl (C=O) groups is 4. The Bertz CT molecular complexity index is 3540. The number of hydrogen-bond acceptors (Lipinski definition) is 17. The van der Waals surface area contributed by atoms with Crippen LogP contribution in [0.5, 0.6) is 23.0 Å². The van der Waals surface area contributed by atoms with E-state index in [2.05, 4.69) is 32.4 Å². The Morgan fingerprint density at radius 2 is 0.913 bits per heavy atom. The van der Waals surface area contributed by atoms with Crippen molar-refractivity contribution < 1.29 is 88.2 Å². The number of anilines is 2. The van der Waals surface area contributed by atoms with E-state index in [1.54, 1.807) is 27.8 Å². The fraction of sp³-hybridized carbons (Fsp3) is 0.390. The number of β-amino-alcohol motifs (C(OH)–C–C–N with tert-alkyl or cyclic N) is 1. The topological polar surface area (TPSA) is 284 Å². The van der Waals surface area contributed by atoms with E-state index in [9.17, 15) is 63.9 Å². The summed E-state index contributed by atoms with van der Waals surface area (Å²) in [5.41, 5.74) is 3.84. The van der Waals surface area contributed by atoms with Gasteiger partial charge in [-0.15, -0.1) is 12.4 Å². The molecule has 0 aliphatic carbocycles. The van der Waals surface area contributed by atoms with E-state index < -0.39 is 63.8 Å². The molecule has 4 amide bonds. The van der Waals surface area contributed by atoms with Crippen LogP contribution in [0.3, 0.4) is 0 Å². The molecule has 0 atom stereocenters. The number of urea groups is 1. The van der Waals surface area contributed by atoms with Crippen molar-refractivity contribution in [2.75, 3.05) is 63.4 Å². The van der Waals surface area contributed by atoms with Gasteiger partial charge in [-0.2, -0.15) is 10.2 Å². The van der Waals surface area contributed by atoms with Crippen LogP contribution >= 0.6 is 24.0 Å². The molecule has 4 fully saturated rings. The molecule has 10 rings (SSSR count). The number of aromatic hydroxyl groups is 1. The summed E-state index contributed by atoms with van der Waals surface area (Å²) in [6.07, 6.45) is -1.54. The molecule has 504 valence electrons. The van der Waals surface area contributed by atoms with Crippen LogP contribution in [0.25, 0.3) is 0 Å². The van der Waals surface area contributed by atoms with Crippen LogP contribution in [0, 0.1) is 46.5 Å². The standard InChI is InChI=1S/C15H14F2N4O3.C14H17F2NO3.C9H9F2NO.C8H15NO3.C6H4F2O.C5H7N3O.C2H3ClO.ClH/c1-20-14(22)5-4-13(19-20)18-15(23)21-7-10(8-21)24-9-2-3-11(16)12(17)6-9;1-14(2,3)20-13(18)17-7-10(8-17)19-9-4-5-11(15)12(16)6-9;10-8-2-1-6(3-9(8)11)13-7-4-12-5-7;1-8(2,3)12-7(11)9-4-6(10)5-9;7-5-2-1-4(9)3-6(5)8;1-8-5(9)3-2-4(6)7-8;1-2(3)4;/h2-6,10H,7-8H2,1H3,(H,18,19,23);4-6,10H,7-8H2,1-3H3;1-3,7,12H,4-5H2;6,10H,4-5H2,1-3H3;1-3,9H;2-3H,1H3,(H2,6,7);1H3;1H. The molecular formula is C59H70Cl2F8N10O13. The molecule has 0 unspecified atom stereocenters. The molecule has 0 radical (unpaired) electrons. The number of aromatic nitrogens is 4. The van der Waals surface area contributed by atoms with Crippen LogP contribution in [0.4, 0.5) is 61.1 Å². The molecule has 4 aliphatic rings. The lowest BCUT2D eigenvalue weighted by Gasteiger charge is -2.39. The Balaban J connectivity index is 0.000000294. The average Bonchev–Trinajstić information content (AvgIpc) is 0.846. The number of nitrogens with two attached hydrogens (primary N) is 1. The summed E-state index contributed by atoms with van der Waals surface area (Å²) < 4.78 is 130. The number of aliphatic hydroxyl groups is 1. The zero-order chi connectivity index (χ0) is 68.1. The van der Waals surface area contributed by atoms with Crippen LogP contribution in [-0.4, -0.2) is 156 Å². The molecule has 6 aromatic rings. The zero-order valence-corrected chi connectivity index (χ0v) is 52.7. The first-order valence-electron chi connectivity index (χ1n) is 27.3. The zero-order valence-electron chi connectivity index (χ0n) is 51.1. The van der Waals surface area contributed by atoms with Crippen molar-refractivity contribution in [2.45, 2.75) is 84.1 Å². The third-order valence-corrected chi connectivity index (χ3v) is 11.6. The highest BCUT2D eigenvalue weighted by Crippen LogP contribution is 2.24. The summed E-state index contributed by atoms with van der Waals surface area (Å²) in [6, 6.07) is 18.0. The number of likely N-dealkylation sites (tertiary alicyclic amines) is 3. The number of phenolic OH excluding ortho intramolecular Hbond substituents is 1. The van der Waals surface area contributed by atoms with Gasteiger partial charge in [0.1, 0.15) is 58.3 Å². The number of phenols is 1. The number of amides is 4. The van der Waals surface area contributed by atoms with Crippen LogP contribution in [0.1, 0.15) is 48.5 Å². The van der Waals surface area contributed by atoms with E-state index in [4.69, 9.17) is 39.6 Å². The predicted molar refractivity (Wildman–Crippen MR) is 323 cm³/mol. The third kappa shape index (κ3) is 27.7. The third-order valence-electron chi connectivity index (χ3n) is 11.6. The molecule has 23 nitrogen and oxygen atoms in total. The lowest BCUT2D eigenvalue weighted by molar-refractivity contribution is -0.109. The summed E-state index contributed by atoms with van der Waals surface area (Å²) in [6.45, 7) is 15.8. The summed E-state index contributed by atoms with van der Waals surface area (Å²) in [5.74, 6) is -6.32. The molecule has 6 heterocycles. The SMILES string of the molecule is CC(=O)Cl.CC(C)(C)OC(=O)N1CC(O)C1.CC(C)(C)OC(=O)N1CC(Oc2ccc(F)c(F)c2)C1.Cl.Cn1nc(N)ccc1=O.Cn1nc(NC(=O)N2CC(Oc3ccc(F)c(F)c3)C2)ccc1=O.Fc1ccc(OC2CNC2)cc1F.Oc1ccc(F)c(F)c1. The normalized spacial score (nSPS) is 14.1. The molecule has 0 bridgehead atoms. The molecule has 4 saturated heterocycles. The maximum Gasteiger partial charge on any atom is 0.410 e. The van der Waals surface area contributed by atoms with E-state index in [0.717, 1.165) is 72.4 Å². The van der Waals surface area contributed by atoms with Gasteiger partial charge >= 0.3 is 18.2 Å². The van der Waals surface area contributed by atoms with Crippen molar-refractivity contribution >= 4 is 59.1 Å². The highest BCUT2D eigenvalue weighted by atomic mass is 35.5. The van der Waals surface area contributed by atoms with Crippen LogP contribution < -0.4 is 41.7 Å². The maximum absolute atomic E-state index is 13.1. The van der Waals surface area contributed by atoms with Gasteiger partial charge in [-0.3, -0.25) is 19.7 Å². The van der Waals surface area contributed by atoms with Gasteiger partial charge in [-0.05, 0) is 114 Å². The highest BCUT2D eigenvalue weighted by Gasteiger charge is 2.36. The number of nitrogens with one attached hydrogen (secondary N) is 2. The number of nitrogens with zero attached hydrogens (tertiary/aromatic N) is 7. The minimum absolute atomic E-state index is 0. The summed E-state index contributed by atoms with van der Waals surface area (Å²) >= 11 is 4.64. The molecule has 6 N–H and O–H groups in total. The minimum Gasteiger partial charge on any atom is -0.508 e. The summed E-state index contributed by atoms with van der Waals surface area (Å²) in [5, 5.41) is 30.2. The molecule has 4 aliphatic heterocycles. The monoisotopic (exact) mass is 1350 g/mol. The average molecular weight is 1350 g/mol. The highest BCUT2D eigenvalue weighted by molar-refractivity contribution is 6.62. The number of hydrogen-bond donors (Lipinski definition) is 5. The van der Waals surface area contributed by atoms with Gasteiger partial charge in [0.05, 0.1) is 45.4 Å². The Morgan fingerprint density at radius 3 is 1.24 bits per heavy atom. The van der Waals surface area contributed by atoms with Crippen LogP contribution in [0.15, 0.2) is 107 Å². The Kier molecular flexibility index (Phi) is 29.9. The quantitative estimate of drug-likeness (QED) is 0.0740. The van der Waals surface area contributed by atoms with Gasteiger partial charge in [-0.1, -0.05) is 0 Å². The number of halogens is 10. The molecule has 2 aromatic heterocycles. The van der Waals surface area contributed by atoms with Gasteiger partial charge in [0, 0.05) is 70.5 Å². The minimum atomic E-state index is -1.03. The Hall–Kier alpha value is -8.94. The molecule has 4 aromatic carbocycles. The number of aryl methyl sites for hydroxylation is 2. The van der Waals surface area contributed by atoms with Crippen molar-refractivity contribution in [3.8, 4) is 23.0 Å². The number of rotatable bonds is 7. The van der Waals surface area contributed by atoms with Gasteiger partial charge in [0.25, 0.3) is 11.1 Å². The van der Waals surface area contributed by atoms with Crippen LogP contribution in [-0.2, 0) is 28.4 Å². The number of carbonyl (C=O) groups excluding carboxylic acids is 4. The second-order valence-electron chi connectivity index (χ2n) is 21.8. The van der Waals surface area contributed by atoms with Crippen molar-refractivity contribution in [3.05, 3.63) is 164 Å². The molecule has 0 saturated carbocycles. The summed E-state index contributed by atoms with van der Waals surface area (Å²) in [7, 11) is 3.03. The molecule has 0 spiro atoms. The van der Waals surface area contributed by atoms with Gasteiger partial charge in [0.15, 0.2) is 52.4 Å².